The molecule has 0 N–H and O–H groups in total. The lowest BCUT2D eigenvalue weighted by Gasteiger charge is -2.12. The number of hydrogen-bond donors (Lipinski definition) is 0. The number of furan rings is 1. The summed E-state index contributed by atoms with van der Waals surface area (Å²) in [5, 5.41) is 8.18. The molecule has 3 nitrogen and oxygen atoms in total. The van der Waals surface area contributed by atoms with E-state index in [-0.39, 0.29) is 0 Å². The van der Waals surface area contributed by atoms with Crippen LogP contribution in [0.4, 0.5) is 0 Å². The van der Waals surface area contributed by atoms with Crippen LogP contribution in [0.15, 0.2) is 179 Å². The van der Waals surface area contributed by atoms with Crippen molar-refractivity contribution in [3.63, 3.8) is 0 Å². The van der Waals surface area contributed by atoms with Gasteiger partial charge in [0, 0.05) is 22.7 Å². The molecule has 0 aliphatic heterocycles. The van der Waals surface area contributed by atoms with Gasteiger partial charge in [-0.15, -0.1) is 0 Å². The van der Waals surface area contributed by atoms with E-state index in [1.165, 1.54) is 26.9 Å². The lowest BCUT2D eigenvalue weighted by molar-refractivity contribution is 0.604. The Morgan fingerprint density at radius 3 is 2.19 bits per heavy atom. The Kier molecular flexibility index (Phi) is 7.77. The van der Waals surface area contributed by atoms with Crippen LogP contribution in [0.2, 0.25) is 0 Å². The quantitative estimate of drug-likeness (QED) is 0.0760. The zero-order valence-electron chi connectivity index (χ0n) is 26.4. The Hall–Kier alpha value is -6.32. The average Bonchev–Trinajstić information content (AvgIpc) is 3.51. The van der Waals surface area contributed by atoms with E-state index in [2.05, 4.69) is 128 Å². The molecule has 8 rings (SSSR count). The lowest BCUT2D eigenvalue weighted by atomic mass is 9.91. The van der Waals surface area contributed by atoms with Crippen molar-refractivity contribution in [1.82, 2.24) is 0 Å². The molecule has 0 saturated heterocycles. The molecule has 48 heavy (non-hydrogen) atoms. The number of aliphatic imine (C=N–C) groups is 2. The number of hydrogen-bond acceptors (Lipinski definition) is 2. The SMILES string of the molecule is C=C/C=C\c1oc2cccc(-c3cc4ccccc4c4ccccc34)c2c1/C=N/C(=N\Cc1ccccc1)c1ccc2ccccc2c1. The fourth-order valence-corrected chi connectivity index (χ4v) is 6.51. The fourth-order valence-electron chi connectivity index (χ4n) is 6.51. The van der Waals surface area contributed by atoms with E-state index in [9.17, 15) is 0 Å². The van der Waals surface area contributed by atoms with Gasteiger partial charge < -0.3 is 4.42 Å². The number of nitrogens with zero attached hydrogens (tertiary/aromatic N) is 2. The van der Waals surface area contributed by atoms with Crippen molar-refractivity contribution in [2.24, 2.45) is 9.98 Å². The minimum atomic E-state index is 0.518. The second-order valence-corrected chi connectivity index (χ2v) is 11.8. The zero-order valence-corrected chi connectivity index (χ0v) is 26.4. The molecule has 0 amide bonds. The van der Waals surface area contributed by atoms with Crippen molar-refractivity contribution in [2.75, 3.05) is 0 Å². The summed E-state index contributed by atoms with van der Waals surface area (Å²) in [7, 11) is 0. The zero-order chi connectivity index (χ0) is 32.3. The molecular formula is C45H32N2O. The highest BCUT2D eigenvalue weighted by molar-refractivity contribution is 6.19. The first-order chi connectivity index (χ1) is 23.8. The van der Waals surface area contributed by atoms with Crippen molar-refractivity contribution in [1.29, 1.82) is 0 Å². The van der Waals surface area contributed by atoms with Gasteiger partial charge in [-0.2, -0.15) is 0 Å². The topological polar surface area (TPSA) is 37.9 Å². The van der Waals surface area contributed by atoms with Crippen molar-refractivity contribution in [3.05, 3.63) is 187 Å². The van der Waals surface area contributed by atoms with Gasteiger partial charge in [0.1, 0.15) is 11.3 Å². The average molecular weight is 617 g/mol. The molecule has 0 radical (unpaired) electrons. The van der Waals surface area contributed by atoms with Crippen LogP contribution in [0.3, 0.4) is 0 Å². The lowest BCUT2D eigenvalue weighted by Crippen LogP contribution is -2.00. The van der Waals surface area contributed by atoms with Crippen molar-refractivity contribution < 1.29 is 4.42 Å². The molecule has 1 heterocycles. The molecule has 3 heteroatoms. The third-order valence-corrected chi connectivity index (χ3v) is 8.80. The van der Waals surface area contributed by atoms with Crippen molar-refractivity contribution in [2.45, 2.75) is 6.54 Å². The van der Waals surface area contributed by atoms with Gasteiger partial charge in [0.25, 0.3) is 0 Å². The maximum Gasteiger partial charge on any atom is 0.154 e. The molecule has 0 aliphatic rings. The summed E-state index contributed by atoms with van der Waals surface area (Å²) in [5.74, 6) is 1.37. The summed E-state index contributed by atoms with van der Waals surface area (Å²) in [6.45, 7) is 4.42. The summed E-state index contributed by atoms with van der Waals surface area (Å²) in [6, 6.07) is 50.8. The monoisotopic (exact) mass is 616 g/mol. The minimum absolute atomic E-state index is 0.518. The van der Waals surface area contributed by atoms with E-state index in [0.717, 1.165) is 44.2 Å². The van der Waals surface area contributed by atoms with Crippen LogP contribution in [0.5, 0.6) is 0 Å². The van der Waals surface area contributed by atoms with Crippen LogP contribution in [-0.2, 0) is 6.54 Å². The predicted octanol–water partition coefficient (Wildman–Crippen LogP) is 11.8. The molecule has 0 bridgehead atoms. The molecule has 0 fully saturated rings. The molecule has 228 valence electrons. The third kappa shape index (κ3) is 5.52. The Balaban J connectivity index is 1.34. The number of benzene rings is 7. The van der Waals surface area contributed by atoms with Gasteiger partial charge >= 0.3 is 0 Å². The van der Waals surface area contributed by atoms with E-state index in [1.807, 2.05) is 42.6 Å². The summed E-state index contributed by atoms with van der Waals surface area (Å²) in [5.41, 5.74) is 6.01. The molecular weight excluding hydrogens is 585 g/mol. The fraction of sp³-hybridized carbons (Fsp3) is 0.0222. The molecule has 0 spiro atoms. The highest BCUT2D eigenvalue weighted by Crippen LogP contribution is 2.40. The Bertz CT molecular complexity index is 2550. The highest BCUT2D eigenvalue weighted by atomic mass is 16.3. The first kappa shape index (κ1) is 29.1. The first-order valence-corrected chi connectivity index (χ1v) is 16.1. The summed E-state index contributed by atoms with van der Waals surface area (Å²) in [4.78, 5) is 10.2. The van der Waals surface area contributed by atoms with E-state index >= 15 is 0 Å². The van der Waals surface area contributed by atoms with Crippen LogP contribution >= 0.6 is 0 Å². The Morgan fingerprint density at radius 1 is 0.625 bits per heavy atom. The van der Waals surface area contributed by atoms with Gasteiger partial charge in [0.2, 0.25) is 0 Å². The van der Waals surface area contributed by atoms with Gasteiger partial charge in [0.15, 0.2) is 5.84 Å². The van der Waals surface area contributed by atoms with E-state index in [4.69, 9.17) is 14.4 Å². The maximum atomic E-state index is 6.52. The first-order valence-electron chi connectivity index (χ1n) is 16.1. The van der Waals surface area contributed by atoms with E-state index in [0.29, 0.717) is 18.1 Å². The van der Waals surface area contributed by atoms with E-state index < -0.39 is 0 Å². The summed E-state index contributed by atoms with van der Waals surface area (Å²) < 4.78 is 6.52. The van der Waals surface area contributed by atoms with Crippen LogP contribution < -0.4 is 0 Å². The van der Waals surface area contributed by atoms with Crippen LogP contribution in [0.1, 0.15) is 22.5 Å². The molecule has 0 atom stereocenters. The molecule has 0 saturated carbocycles. The smallest absolute Gasteiger partial charge is 0.154 e. The van der Waals surface area contributed by atoms with Crippen LogP contribution in [0.25, 0.3) is 60.5 Å². The molecule has 7 aromatic carbocycles. The van der Waals surface area contributed by atoms with Gasteiger partial charge in [-0.05, 0) is 73.3 Å². The summed E-state index contributed by atoms with van der Waals surface area (Å²) in [6.07, 6.45) is 7.52. The maximum absolute atomic E-state index is 6.52. The molecule has 0 unspecified atom stereocenters. The molecule has 8 aromatic rings. The molecule has 0 aliphatic carbocycles. The number of rotatable bonds is 7. The van der Waals surface area contributed by atoms with Gasteiger partial charge in [-0.1, -0.05) is 146 Å². The van der Waals surface area contributed by atoms with Crippen LogP contribution in [-0.4, -0.2) is 12.1 Å². The van der Waals surface area contributed by atoms with Crippen molar-refractivity contribution in [3.8, 4) is 11.1 Å². The Morgan fingerprint density at radius 2 is 1.35 bits per heavy atom. The van der Waals surface area contributed by atoms with Gasteiger partial charge in [0.05, 0.1) is 6.54 Å². The second-order valence-electron chi connectivity index (χ2n) is 11.8. The van der Waals surface area contributed by atoms with Crippen LogP contribution in [0, 0.1) is 0 Å². The highest BCUT2D eigenvalue weighted by Gasteiger charge is 2.18. The summed E-state index contributed by atoms with van der Waals surface area (Å²) >= 11 is 0. The van der Waals surface area contributed by atoms with Gasteiger partial charge in [-0.25, -0.2) is 4.99 Å². The minimum Gasteiger partial charge on any atom is -0.456 e. The van der Waals surface area contributed by atoms with Gasteiger partial charge in [-0.3, -0.25) is 4.99 Å². The predicted molar refractivity (Wildman–Crippen MR) is 204 cm³/mol. The molecule has 1 aromatic heterocycles. The normalized spacial score (nSPS) is 12.3. The second kappa shape index (κ2) is 12.8. The van der Waals surface area contributed by atoms with E-state index in [1.54, 1.807) is 6.08 Å². The number of allylic oxidation sites excluding steroid dienone is 2. The Labute approximate surface area is 279 Å². The standard InChI is InChI=1S/C45H32N2O/c1-2-3-23-42-41(30-47-45(46-29-31-14-5-4-6-15-31)35-26-25-32-16-7-8-17-33(32)27-35)44-39(22-13-24-43(44)48-42)40-28-34-18-9-10-19-36(34)37-20-11-12-21-38(37)40/h2-28,30H,1,29H2/b23-3-,46-45-,47-30+. The number of fused-ring (bicyclic) bond motifs is 5. The number of amidine groups is 1. The largest absolute Gasteiger partial charge is 0.456 e. The van der Waals surface area contributed by atoms with Crippen molar-refractivity contribution >= 4 is 61.4 Å². The third-order valence-electron chi connectivity index (χ3n) is 8.80.